The molecule has 0 aliphatic heterocycles. The Morgan fingerprint density at radius 1 is 1.24 bits per heavy atom. The summed E-state index contributed by atoms with van der Waals surface area (Å²) >= 11 is 1.50. The molecule has 0 spiro atoms. The molecular weight excluding hydrogens is 286 g/mol. The zero-order valence-corrected chi connectivity index (χ0v) is 12.6. The van der Waals surface area contributed by atoms with Crippen molar-refractivity contribution in [3.8, 4) is 5.75 Å². The molecule has 6 nitrogen and oxygen atoms in total. The van der Waals surface area contributed by atoms with Crippen molar-refractivity contribution in [1.29, 1.82) is 0 Å². The molecule has 7 heteroatoms. The molecule has 21 heavy (non-hydrogen) atoms. The average Bonchev–Trinajstić information content (AvgIpc) is 2.86. The number of rotatable bonds is 4. The van der Waals surface area contributed by atoms with Gasteiger partial charge in [-0.15, -0.1) is 0 Å². The number of para-hydroxylation sites is 1. The largest absolute Gasteiger partial charge is 0.496 e. The van der Waals surface area contributed by atoms with Crippen LogP contribution in [0.3, 0.4) is 0 Å². The number of fused-ring (bicyclic) bond motifs is 1. The summed E-state index contributed by atoms with van der Waals surface area (Å²) in [4.78, 5) is 13.8. The first-order chi connectivity index (χ1) is 10.2. The molecule has 0 amide bonds. The zero-order valence-electron chi connectivity index (χ0n) is 11.8. The highest BCUT2D eigenvalue weighted by Crippen LogP contribution is 2.25. The van der Waals surface area contributed by atoms with Crippen LogP contribution in [0.1, 0.15) is 10.6 Å². The normalized spacial score (nSPS) is 10.8. The molecule has 2 heterocycles. The Morgan fingerprint density at radius 3 is 2.86 bits per heavy atom. The van der Waals surface area contributed by atoms with Crippen molar-refractivity contribution in [3.63, 3.8) is 0 Å². The van der Waals surface area contributed by atoms with Crippen LogP contribution in [0.15, 0.2) is 24.3 Å². The van der Waals surface area contributed by atoms with Gasteiger partial charge in [0.25, 0.3) is 0 Å². The van der Waals surface area contributed by atoms with E-state index >= 15 is 0 Å². The number of aromatic nitrogens is 3. The number of nitrogens with two attached hydrogens (primary N) is 1. The molecule has 0 saturated heterocycles. The van der Waals surface area contributed by atoms with Gasteiger partial charge in [0.15, 0.2) is 10.6 Å². The van der Waals surface area contributed by atoms with Crippen molar-refractivity contribution in [2.24, 2.45) is 0 Å². The second kappa shape index (κ2) is 5.53. The molecule has 3 aromatic rings. The predicted molar refractivity (Wildman–Crippen MR) is 84.7 cm³/mol. The number of ether oxygens (including phenoxy) is 1. The van der Waals surface area contributed by atoms with E-state index in [1.165, 1.54) is 11.3 Å². The Bertz CT molecular complexity index is 786. The third kappa shape index (κ3) is 2.73. The molecule has 0 saturated carbocycles. The molecular formula is C14H15N5OS. The number of methoxy groups -OCH3 is 1. The van der Waals surface area contributed by atoms with E-state index in [0.717, 1.165) is 21.2 Å². The summed E-state index contributed by atoms with van der Waals surface area (Å²) in [6.07, 6.45) is 0. The van der Waals surface area contributed by atoms with Crippen molar-refractivity contribution in [3.05, 3.63) is 34.8 Å². The van der Waals surface area contributed by atoms with E-state index in [4.69, 9.17) is 10.5 Å². The lowest BCUT2D eigenvalue weighted by Crippen LogP contribution is -2.06. The Labute approximate surface area is 126 Å². The molecule has 0 aliphatic carbocycles. The van der Waals surface area contributed by atoms with E-state index in [-0.39, 0.29) is 0 Å². The molecule has 0 bridgehead atoms. The SMILES string of the molecule is COc1ccccc1CNc1nc(N)c2nc(C)sc2n1. The van der Waals surface area contributed by atoms with Crippen LogP contribution in [0.25, 0.3) is 10.3 Å². The van der Waals surface area contributed by atoms with Gasteiger partial charge in [0.1, 0.15) is 11.3 Å². The van der Waals surface area contributed by atoms with Gasteiger partial charge in [-0.3, -0.25) is 0 Å². The third-order valence-electron chi connectivity index (χ3n) is 3.02. The molecule has 2 aromatic heterocycles. The number of hydrogen-bond acceptors (Lipinski definition) is 7. The van der Waals surface area contributed by atoms with Gasteiger partial charge >= 0.3 is 0 Å². The Morgan fingerprint density at radius 2 is 2.05 bits per heavy atom. The second-order valence-electron chi connectivity index (χ2n) is 4.48. The minimum absolute atomic E-state index is 0.395. The van der Waals surface area contributed by atoms with E-state index in [1.54, 1.807) is 7.11 Å². The molecule has 1 aromatic carbocycles. The fourth-order valence-electron chi connectivity index (χ4n) is 2.05. The summed E-state index contributed by atoms with van der Waals surface area (Å²) in [6.45, 7) is 2.49. The quantitative estimate of drug-likeness (QED) is 0.770. The molecule has 0 aliphatic rings. The lowest BCUT2D eigenvalue weighted by molar-refractivity contribution is 0.410. The number of anilines is 2. The summed E-state index contributed by atoms with van der Waals surface area (Å²) in [6, 6.07) is 7.81. The third-order valence-corrected chi connectivity index (χ3v) is 3.89. The minimum atomic E-state index is 0.395. The van der Waals surface area contributed by atoms with Crippen molar-refractivity contribution >= 4 is 33.5 Å². The summed E-state index contributed by atoms with van der Waals surface area (Å²) in [5.74, 6) is 1.72. The van der Waals surface area contributed by atoms with Crippen LogP contribution in [-0.2, 0) is 6.54 Å². The van der Waals surface area contributed by atoms with Gasteiger partial charge in [-0.25, -0.2) is 9.97 Å². The van der Waals surface area contributed by atoms with Gasteiger partial charge in [-0.2, -0.15) is 4.98 Å². The van der Waals surface area contributed by atoms with Crippen LogP contribution < -0.4 is 15.8 Å². The van der Waals surface area contributed by atoms with Crippen LogP contribution in [0.5, 0.6) is 5.75 Å². The second-order valence-corrected chi connectivity index (χ2v) is 5.67. The van der Waals surface area contributed by atoms with Crippen LogP contribution in [-0.4, -0.2) is 22.1 Å². The van der Waals surface area contributed by atoms with Gasteiger partial charge in [0.05, 0.1) is 12.1 Å². The molecule has 3 rings (SSSR count). The van der Waals surface area contributed by atoms with Crippen LogP contribution in [0.4, 0.5) is 11.8 Å². The zero-order chi connectivity index (χ0) is 14.8. The van der Waals surface area contributed by atoms with Crippen molar-refractivity contribution in [1.82, 2.24) is 15.0 Å². The van der Waals surface area contributed by atoms with E-state index in [2.05, 4.69) is 20.3 Å². The fraction of sp³-hybridized carbons (Fsp3) is 0.214. The maximum Gasteiger partial charge on any atom is 0.226 e. The van der Waals surface area contributed by atoms with Crippen LogP contribution in [0.2, 0.25) is 0 Å². The monoisotopic (exact) mass is 301 g/mol. The maximum absolute atomic E-state index is 5.92. The van der Waals surface area contributed by atoms with Crippen molar-refractivity contribution in [2.75, 3.05) is 18.2 Å². The van der Waals surface area contributed by atoms with E-state index in [1.807, 2.05) is 31.2 Å². The molecule has 0 atom stereocenters. The molecule has 0 fully saturated rings. The van der Waals surface area contributed by atoms with E-state index < -0.39 is 0 Å². The summed E-state index contributed by atoms with van der Waals surface area (Å²) in [5, 5.41) is 4.10. The van der Waals surface area contributed by atoms with Crippen molar-refractivity contribution in [2.45, 2.75) is 13.5 Å². The Balaban J connectivity index is 1.85. The highest BCUT2D eigenvalue weighted by molar-refractivity contribution is 7.18. The number of nitrogen functional groups attached to an aromatic ring is 1. The summed E-state index contributed by atoms with van der Waals surface area (Å²) < 4.78 is 5.32. The highest BCUT2D eigenvalue weighted by atomic mass is 32.1. The smallest absolute Gasteiger partial charge is 0.226 e. The first-order valence-electron chi connectivity index (χ1n) is 6.44. The van der Waals surface area contributed by atoms with Crippen LogP contribution in [0, 0.1) is 6.92 Å². The van der Waals surface area contributed by atoms with Gasteiger partial charge in [0, 0.05) is 12.1 Å². The number of nitrogens with zero attached hydrogens (tertiary/aromatic N) is 3. The number of thiazole rings is 1. The summed E-state index contributed by atoms with van der Waals surface area (Å²) in [5.41, 5.74) is 7.62. The van der Waals surface area contributed by atoms with Gasteiger partial charge < -0.3 is 15.8 Å². The Hall–Kier alpha value is -2.41. The predicted octanol–water partition coefficient (Wildman–Crippen LogP) is 2.60. The summed E-state index contributed by atoms with van der Waals surface area (Å²) in [7, 11) is 1.65. The standard InChI is InChI=1S/C14H15N5OS/c1-8-17-11-12(15)18-14(19-13(11)21-8)16-7-9-5-3-4-6-10(9)20-2/h3-6H,7H2,1-2H3,(H3,15,16,18,19). The first-order valence-corrected chi connectivity index (χ1v) is 7.25. The number of benzene rings is 1. The van der Waals surface area contributed by atoms with Crippen molar-refractivity contribution < 1.29 is 4.74 Å². The van der Waals surface area contributed by atoms with Gasteiger partial charge in [-0.1, -0.05) is 29.5 Å². The van der Waals surface area contributed by atoms with Gasteiger partial charge in [0.2, 0.25) is 5.95 Å². The fourth-order valence-corrected chi connectivity index (χ4v) is 2.85. The lowest BCUT2D eigenvalue weighted by Gasteiger charge is -2.09. The van der Waals surface area contributed by atoms with E-state index in [0.29, 0.717) is 23.8 Å². The average molecular weight is 301 g/mol. The maximum atomic E-state index is 5.92. The number of aryl methyl sites for hydroxylation is 1. The van der Waals surface area contributed by atoms with Gasteiger partial charge in [-0.05, 0) is 13.0 Å². The first kappa shape index (κ1) is 13.6. The molecule has 108 valence electrons. The topological polar surface area (TPSA) is 86.0 Å². The Kier molecular flexibility index (Phi) is 3.57. The highest BCUT2D eigenvalue weighted by Gasteiger charge is 2.10. The van der Waals surface area contributed by atoms with E-state index in [9.17, 15) is 0 Å². The molecule has 0 radical (unpaired) electrons. The lowest BCUT2D eigenvalue weighted by atomic mass is 10.2. The number of hydrogen-bond donors (Lipinski definition) is 2. The number of nitrogens with one attached hydrogen (secondary N) is 1. The molecule has 3 N–H and O–H groups in total. The van der Waals surface area contributed by atoms with Crippen LogP contribution >= 0.6 is 11.3 Å². The molecule has 0 unspecified atom stereocenters. The minimum Gasteiger partial charge on any atom is -0.496 e.